The predicted octanol–water partition coefficient (Wildman–Crippen LogP) is 0.719. The summed E-state index contributed by atoms with van der Waals surface area (Å²) in [5.74, 6) is 2.54. The van der Waals surface area contributed by atoms with Crippen LogP contribution in [0.25, 0.3) is 0 Å². The van der Waals surface area contributed by atoms with E-state index in [1.807, 2.05) is 13.8 Å². The smallest absolute Gasteiger partial charge is 0.234 e. The average molecular weight is 403 g/mol. The Morgan fingerprint density at radius 3 is 1.59 bits per heavy atom. The first kappa shape index (κ1) is 20.1. The summed E-state index contributed by atoms with van der Waals surface area (Å²) in [6, 6.07) is 0.182. The SMILES string of the molecule is CC(C)NC(=O)CN1CCN(c2nc(N3CCCC3)nc(N3CCCC3)n2)CC1. The third-order valence-electron chi connectivity index (χ3n) is 5.85. The van der Waals surface area contributed by atoms with Gasteiger partial charge < -0.3 is 20.0 Å². The van der Waals surface area contributed by atoms with Gasteiger partial charge in [-0.2, -0.15) is 15.0 Å². The van der Waals surface area contributed by atoms with Gasteiger partial charge in [-0.3, -0.25) is 9.69 Å². The Labute approximate surface area is 173 Å². The monoisotopic (exact) mass is 402 g/mol. The highest BCUT2D eigenvalue weighted by atomic mass is 16.2. The summed E-state index contributed by atoms with van der Waals surface area (Å²) in [6.07, 6.45) is 4.82. The lowest BCUT2D eigenvalue weighted by Gasteiger charge is -2.35. The zero-order valence-electron chi connectivity index (χ0n) is 17.8. The van der Waals surface area contributed by atoms with Crippen molar-refractivity contribution in [1.29, 1.82) is 0 Å². The van der Waals surface area contributed by atoms with Crippen molar-refractivity contribution in [3.05, 3.63) is 0 Å². The Bertz CT molecular complexity index is 657. The molecule has 9 nitrogen and oxygen atoms in total. The molecule has 3 aliphatic rings. The quantitative estimate of drug-likeness (QED) is 0.746. The first-order valence-electron chi connectivity index (χ1n) is 11.1. The molecule has 0 aromatic carbocycles. The number of rotatable bonds is 6. The average Bonchev–Trinajstić information content (AvgIpc) is 3.42. The zero-order valence-corrected chi connectivity index (χ0v) is 17.8. The lowest BCUT2D eigenvalue weighted by Crippen LogP contribution is -2.50. The van der Waals surface area contributed by atoms with Crippen molar-refractivity contribution in [2.75, 3.05) is 73.6 Å². The number of anilines is 3. The molecular formula is C20H34N8O. The molecule has 0 spiro atoms. The van der Waals surface area contributed by atoms with Crippen LogP contribution in [-0.2, 0) is 4.79 Å². The fourth-order valence-corrected chi connectivity index (χ4v) is 4.28. The van der Waals surface area contributed by atoms with Crippen molar-refractivity contribution in [3.63, 3.8) is 0 Å². The van der Waals surface area contributed by atoms with Crippen molar-refractivity contribution in [2.24, 2.45) is 0 Å². The molecule has 0 aliphatic carbocycles. The number of nitrogens with zero attached hydrogens (tertiary/aromatic N) is 7. The molecular weight excluding hydrogens is 368 g/mol. The van der Waals surface area contributed by atoms with E-state index in [0.717, 1.165) is 70.2 Å². The molecule has 4 rings (SSSR count). The van der Waals surface area contributed by atoms with E-state index in [1.165, 1.54) is 25.7 Å². The Kier molecular flexibility index (Phi) is 6.32. The predicted molar refractivity (Wildman–Crippen MR) is 115 cm³/mol. The van der Waals surface area contributed by atoms with E-state index in [1.54, 1.807) is 0 Å². The van der Waals surface area contributed by atoms with E-state index in [9.17, 15) is 4.79 Å². The van der Waals surface area contributed by atoms with E-state index in [0.29, 0.717) is 6.54 Å². The maximum Gasteiger partial charge on any atom is 0.234 e. The third kappa shape index (κ3) is 5.07. The highest BCUT2D eigenvalue weighted by molar-refractivity contribution is 5.78. The molecule has 0 saturated carbocycles. The third-order valence-corrected chi connectivity index (χ3v) is 5.85. The Morgan fingerprint density at radius 1 is 0.759 bits per heavy atom. The molecule has 1 N–H and O–H groups in total. The summed E-state index contributed by atoms with van der Waals surface area (Å²) in [5.41, 5.74) is 0. The number of carbonyl (C=O) groups excluding carboxylic acids is 1. The van der Waals surface area contributed by atoms with Crippen molar-refractivity contribution in [1.82, 2.24) is 25.2 Å². The minimum absolute atomic E-state index is 0.0984. The maximum atomic E-state index is 12.0. The lowest BCUT2D eigenvalue weighted by atomic mass is 10.3. The fraction of sp³-hybridized carbons (Fsp3) is 0.800. The Morgan fingerprint density at radius 2 is 1.17 bits per heavy atom. The molecule has 3 saturated heterocycles. The first-order chi connectivity index (χ1) is 14.1. The molecule has 3 aliphatic heterocycles. The van der Waals surface area contributed by atoms with Crippen molar-refractivity contribution in [3.8, 4) is 0 Å². The van der Waals surface area contributed by atoms with Crippen molar-refractivity contribution in [2.45, 2.75) is 45.6 Å². The summed E-state index contributed by atoms with van der Waals surface area (Å²) in [7, 11) is 0. The molecule has 29 heavy (non-hydrogen) atoms. The van der Waals surface area contributed by atoms with Crippen LogP contribution in [0.3, 0.4) is 0 Å². The van der Waals surface area contributed by atoms with Crippen LogP contribution in [0, 0.1) is 0 Å². The van der Waals surface area contributed by atoms with Gasteiger partial charge in [-0.05, 0) is 39.5 Å². The minimum atomic E-state index is 0.0984. The highest BCUT2D eigenvalue weighted by Crippen LogP contribution is 2.24. The van der Waals surface area contributed by atoms with Crippen LogP contribution < -0.4 is 20.0 Å². The van der Waals surface area contributed by atoms with Gasteiger partial charge in [-0.1, -0.05) is 0 Å². The Hall–Kier alpha value is -2.16. The number of hydrogen-bond acceptors (Lipinski definition) is 8. The molecule has 4 heterocycles. The minimum Gasteiger partial charge on any atom is -0.353 e. The molecule has 9 heteroatoms. The standard InChI is InChI=1S/C20H34N8O/c1-16(2)21-17(29)15-25-11-13-28(14-12-25)20-23-18(26-7-3-4-8-26)22-19(24-20)27-9-5-6-10-27/h16H,3-15H2,1-2H3,(H,21,29). The number of piperazine rings is 1. The second kappa shape index (κ2) is 9.11. The van der Waals surface area contributed by atoms with Gasteiger partial charge in [-0.15, -0.1) is 0 Å². The van der Waals surface area contributed by atoms with E-state index in [2.05, 4.69) is 24.9 Å². The fourth-order valence-electron chi connectivity index (χ4n) is 4.28. The van der Waals surface area contributed by atoms with E-state index in [4.69, 9.17) is 15.0 Å². The molecule has 0 radical (unpaired) electrons. The summed E-state index contributed by atoms with van der Waals surface area (Å²) >= 11 is 0. The van der Waals surface area contributed by atoms with Gasteiger partial charge in [0.15, 0.2) is 0 Å². The highest BCUT2D eigenvalue weighted by Gasteiger charge is 2.26. The van der Waals surface area contributed by atoms with Gasteiger partial charge in [0, 0.05) is 58.4 Å². The number of nitrogens with one attached hydrogen (secondary N) is 1. The van der Waals surface area contributed by atoms with Gasteiger partial charge in [0.1, 0.15) is 0 Å². The van der Waals surface area contributed by atoms with Crippen LogP contribution in [0.15, 0.2) is 0 Å². The van der Waals surface area contributed by atoms with Crippen molar-refractivity contribution < 1.29 is 4.79 Å². The molecule has 1 aromatic heterocycles. The number of hydrogen-bond donors (Lipinski definition) is 1. The van der Waals surface area contributed by atoms with Crippen molar-refractivity contribution >= 4 is 23.8 Å². The molecule has 3 fully saturated rings. The van der Waals surface area contributed by atoms with Gasteiger partial charge in [0.25, 0.3) is 0 Å². The van der Waals surface area contributed by atoms with Gasteiger partial charge in [-0.25, -0.2) is 0 Å². The van der Waals surface area contributed by atoms with E-state index < -0.39 is 0 Å². The number of carbonyl (C=O) groups is 1. The van der Waals surface area contributed by atoms with Crippen LogP contribution in [0.4, 0.5) is 17.8 Å². The van der Waals surface area contributed by atoms with Crippen LogP contribution in [0.2, 0.25) is 0 Å². The molecule has 1 aromatic rings. The summed E-state index contributed by atoms with van der Waals surface area (Å²) in [4.78, 5) is 35.6. The second-order valence-electron chi connectivity index (χ2n) is 8.61. The topological polar surface area (TPSA) is 80.7 Å². The molecule has 0 bridgehead atoms. The number of aromatic nitrogens is 3. The molecule has 0 unspecified atom stereocenters. The lowest BCUT2D eigenvalue weighted by molar-refractivity contribution is -0.122. The Balaban J connectivity index is 1.44. The van der Waals surface area contributed by atoms with Crippen LogP contribution >= 0.6 is 0 Å². The molecule has 160 valence electrons. The molecule has 1 amide bonds. The normalized spacial score (nSPS) is 20.7. The maximum absolute atomic E-state index is 12.0. The van der Waals surface area contributed by atoms with Crippen LogP contribution in [-0.4, -0.2) is 90.7 Å². The largest absolute Gasteiger partial charge is 0.353 e. The first-order valence-corrected chi connectivity index (χ1v) is 11.1. The second-order valence-corrected chi connectivity index (χ2v) is 8.61. The number of amides is 1. The van der Waals surface area contributed by atoms with Crippen LogP contribution in [0.1, 0.15) is 39.5 Å². The van der Waals surface area contributed by atoms with Gasteiger partial charge in [0.2, 0.25) is 23.8 Å². The zero-order chi connectivity index (χ0) is 20.2. The van der Waals surface area contributed by atoms with Gasteiger partial charge >= 0.3 is 0 Å². The van der Waals surface area contributed by atoms with E-state index in [-0.39, 0.29) is 11.9 Å². The molecule has 0 atom stereocenters. The van der Waals surface area contributed by atoms with Gasteiger partial charge in [0.05, 0.1) is 6.54 Å². The van der Waals surface area contributed by atoms with E-state index >= 15 is 0 Å². The van der Waals surface area contributed by atoms with Crippen LogP contribution in [0.5, 0.6) is 0 Å². The summed E-state index contributed by atoms with van der Waals surface area (Å²) in [5, 5.41) is 2.97. The summed E-state index contributed by atoms with van der Waals surface area (Å²) in [6.45, 7) is 11.9. The summed E-state index contributed by atoms with van der Waals surface area (Å²) < 4.78 is 0.